The van der Waals surface area contributed by atoms with Gasteiger partial charge in [-0.3, -0.25) is 10.1 Å². The Labute approximate surface area is 159 Å². The molecule has 1 saturated carbocycles. The maximum atomic E-state index is 12.4. The number of urea groups is 1. The normalized spacial score (nSPS) is 24.6. The summed E-state index contributed by atoms with van der Waals surface area (Å²) >= 11 is 0. The van der Waals surface area contributed by atoms with Gasteiger partial charge in [-0.1, -0.05) is 12.8 Å². The molecule has 2 fully saturated rings. The lowest BCUT2D eigenvalue weighted by atomic mass is 10.0. The Morgan fingerprint density at radius 1 is 1.04 bits per heavy atom. The molecule has 2 aliphatic heterocycles. The van der Waals surface area contributed by atoms with Crippen LogP contribution in [0.5, 0.6) is 11.5 Å². The van der Waals surface area contributed by atoms with E-state index < -0.39 is 0 Å². The van der Waals surface area contributed by atoms with Gasteiger partial charge < -0.3 is 19.7 Å². The third kappa shape index (κ3) is 4.35. The maximum absolute atomic E-state index is 12.4. The molecule has 0 radical (unpaired) electrons. The summed E-state index contributed by atoms with van der Waals surface area (Å²) in [5.41, 5.74) is 1.16. The Balaban J connectivity index is 1.34. The highest BCUT2D eigenvalue weighted by molar-refractivity contribution is 5.94. The Morgan fingerprint density at radius 2 is 1.81 bits per heavy atom. The highest BCUT2D eigenvalue weighted by Crippen LogP contribution is 2.33. The van der Waals surface area contributed by atoms with Crippen molar-refractivity contribution in [3.05, 3.63) is 23.8 Å². The summed E-state index contributed by atoms with van der Waals surface area (Å²) in [6.45, 7) is 2.38. The second-order valence-electron chi connectivity index (χ2n) is 7.69. The molecular formula is C20H28N3O4+. The monoisotopic (exact) mass is 374 g/mol. The predicted molar refractivity (Wildman–Crippen MR) is 99.0 cm³/mol. The van der Waals surface area contributed by atoms with Crippen molar-refractivity contribution in [3.8, 4) is 11.5 Å². The van der Waals surface area contributed by atoms with Gasteiger partial charge in [0.05, 0.1) is 6.54 Å². The van der Waals surface area contributed by atoms with Crippen LogP contribution < -0.4 is 25.0 Å². The van der Waals surface area contributed by atoms with Crippen molar-refractivity contribution in [3.63, 3.8) is 0 Å². The molecule has 3 N–H and O–H groups in total. The van der Waals surface area contributed by atoms with Gasteiger partial charge in [0.1, 0.15) is 19.3 Å². The van der Waals surface area contributed by atoms with Gasteiger partial charge >= 0.3 is 6.03 Å². The molecular weight excluding hydrogens is 346 g/mol. The van der Waals surface area contributed by atoms with E-state index in [-0.39, 0.29) is 24.0 Å². The van der Waals surface area contributed by atoms with Crippen LogP contribution in [0.25, 0.3) is 0 Å². The van der Waals surface area contributed by atoms with Crippen molar-refractivity contribution < 1.29 is 24.0 Å². The molecule has 0 spiro atoms. The number of amides is 3. The van der Waals surface area contributed by atoms with E-state index in [9.17, 15) is 9.59 Å². The minimum atomic E-state index is -0.360. The zero-order chi connectivity index (χ0) is 18.6. The van der Waals surface area contributed by atoms with Crippen LogP contribution >= 0.6 is 0 Å². The topological polar surface area (TPSA) is 81.1 Å². The van der Waals surface area contributed by atoms with E-state index in [4.69, 9.17) is 9.47 Å². The highest BCUT2D eigenvalue weighted by Gasteiger charge is 2.33. The maximum Gasteiger partial charge on any atom is 0.321 e. The first kappa shape index (κ1) is 18.1. The zero-order valence-electron chi connectivity index (χ0n) is 15.6. The van der Waals surface area contributed by atoms with E-state index >= 15 is 0 Å². The fraction of sp³-hybridized carbons (Fsp3) is 0.600. The molecule has 1 saturated heterocycles. The second kappa shape index (κ2) is 8.17. The molecule has 0 bridgehead atoms. The third-order valence-corrected chi connectivity index (χ3v) is 5.78. The molecule has 2 atom stereocenters. The Bertz CT molecular complexity index is 702. The van der Waals surface area contributed by atoms with Crippen LogP contribution in [0.3, 0.4) is 0 Å². The smallest absolute Gasteiger partial charge is 0.321 e. The molecule has 1 unspecified atom stereocenters. The van der Waals surface area contributed by atoms with E-state index in [1.165, 1.54) is 4.90 Å². The quantitative estimate of drug-likeness (QED) is 0.733. The van der Waals surface area contributed by atoms with Crippen LogP contribution in [0.1, 0.15) is 50.1 Å². The van der Waals surface area contributed by atoms with Gasteiger partial charge in [0.2, 0.25) is 0 Å². The number of carbonyl (C=O) groups excluding carboxylic acids is 2. The summed E-state index contributed by atoms with van der Waals surface area (Å²) in [7, 11) is 0. The van der Waals surface area contributed by atoms with E-state index in [2.05, 4.69) is 16.7 Å². The van der Waals surface area contributed by atoms with E-state index in [1.54, 1.807) is 0 Å². The summed E-state index contributed by atoms with van der Waals surface area (Å²) in [4.78, 5) is 25.6. The van der Waals surface area contributed by atoms with Crippen molar-refractivity contribution in [2.24, 2.45) is 0 Å². The standard InChI is InChI=1S/C20H27N3O4/c24-19(22-20(25)21-15-4-1-2-5-15)13-23-9-3-6-16(23)14-7-8-17-18(12-14)27-11-10-26-17/h7-8,12,15-16H,1-6,9-11,13H2,(H2,21,22,24,25)/p+1/t16-/m1/s1. The molecule has 1 aromatic carbocycles. The van der Waals surface area contributed by atoms with Crippen molar-refractivity contribution in [1.82, 2.24) is 10.6 Å². The first-order chi connectivity index (χ1) is 13.2. The molecule has 7 nitrogen and oxygen atoms in total. The van der Waals surface area contributed by atoms with Crippen molar-refractivity contribution in [1.29, 1.82) is 0 Å². The van der Waals surface area contributed by atoms with Crippen LogP contribution in [0.15, 0.2) is 18.2 Å². The number of carbonyl (C=O) groups is 2. The van der Waals surface area contributed by atoms with Crippen LogP contribution in [0.4, 0.5) is 4.79 Å². The van der Waals surface area contributed by atoms with Gasteiger partial charge in [0.15, 0.2) is 18.0 Å². The van der Waals surface area contributed by atoms with E-state index in [0.29, 0.717) is 19.8 Å². The Morgan fingerprint density at radius 3 is 2.63 bits per heavy atom. The van der Waals surface area contributed by atoms with Crippen LogP contribution in [-0.2, 0) is 4.79 Å². The number of nitrogens with one attached hydrogen (secondary N) is 3. The largest absolute Gasteiger partial charge is 0.486 e. The van der Waals surface area contributed by atoms with Gasteiger partial charge in [0.25, 0.3) is 5.91 Å². The number of hydrogen-bond acceptors (Lipinski definition) is 4. The number of quaternary nitrogens is 1. The Hall–Kier alpha value is -2.28. The first-order valence-corrected chi connectivity index (χ1v) is 10.0. The van der Waals surface area contributed by atoms with Gasteiger partial charge in [-0.25, -0.2) is 4.79 Å². The molecule has 1 aromatic rings. The molecule has 7 heteroatoms. The van der Waals surface area contributed by atoms with Crippen molar-refractivity contribution >= 4 is 11.9 Å². The predicted octanol–water partition coefficient (Wildman–Crippen LogP) is 0.946. The summed E-state index contributed by atoms with van der Waals surface area (Å²) in [5, 5.41) is 5.40. The second-order valence-corrected chi connectivity index (χ2v) is 7.69. The van der Waals surface area contributed by atoms with Crippen molar-refractivity contribution in [2.45, 2.75) is 50.6 Å². The highest BCUT2D eigenvalue weighted by atomic mass is 16.6. The molecule has 3 aliphatic rings. The average Bonchev–Trinajstić information content (AvgIpc) is 3.33. The lowest BCUT2D eigenvalue weighted by molar-refractivity contribution is -0.910. The van der Waals surface area contributed by atoms with E-state index in [0.717, 1.165) is 62.1 Å². The average molecular weight is 374 g/mol. The molecule has 3 amide bonds. The summed E-state index contributed by atoms with van der Waals surface area (Å²) in [5.74, 6) is 1.35. The summed E-state index contributed by atoms with van der Waals surface area (Å²) in [6.07, 6.45) is 6.39. The molecule has 2 heterocycles. The van der Waals surface area contributed by atoms with Gasteiger partial charge in [-0.05, 0) is 31.0 Å². The van der Waals surface area contributed by atoms with Crippen LogP contribution in [0, 0.1) is 0 Å². The SMILES string of the molecule is O=C(C[NH+]1CCC[C@@H]1c1ccc2c(c1)OCCO2)NC(=O)NC1CCCC1. The van der Waals surface area contributed by atoms with Gasteiger partial charge in [-0.2, -0.15) is 0 Å². The number of ether oxygens (including phenoxy) is 2. The minimum absolute atomic E-state index is 0.211. The van der Waals surface area contributed by atoms with Gasteiger partial charge in [0, 0.05) is 24.4 Å². The fourth-order valence-corrected chi connectivity index (χ4v) is 4.47. The molecule has 0 aromatic heterocycles. The molecule has 1 aliphatic carbocycles. The first-order valence-electron chi connectivity index (χ1n) is 10.0. The summed E-state index contributed by atoms with van der Waals surface area (Å²) in [6, 6.07) is 6.14. The Kier molecular flexibility index (Phi) is 5.48. The molecule has 146 valence electrons. The van der Waals surface area contributed by atoms with Crippen LogP contribution in [-0.4, -0.2) is 44.3 Å². The number of fused-ring (bicyclic) bond motifs is 1. The molecule has 27 heavy (non-hydrogen) atoms. The van der Waals surface area contributed by atoms with Crippen LogP contribution in [0.2, 0.25) is 0 Å². The molecule has 4 rings (SSSR count). The number of hydrogen-bond donors (Lipinski definition) is 3. The fourth-order valence-electron chi connectivity index (χ4n) is 4.47. The number of benzene rings is 1. The summed E-state index contributed by atoms with van der Waals surface area (Å²) < 4.78 is 11.3. The van der Waals surface area contributed by atoms with Crippen molar-refractivity contribution in [2.75, 3.05) is 26.3 Å². The number of likely N-dealkylation sites (tertiary alicyclic amines) is 1. The number of rotatable bonds is 4. The lowest BCUT2D eigenvalue weighted by Crippen LogP contribution is -3.11. The minimum Gasteiger partial charge on any atom is -0.486 e. The third-order valence-electron chi connectivity index (χ3n) is 5.78. The number of imide groups is 1. The van der Waals surface area contributed by atoms with Gasteiger partial charge in [-0.15, -0.1) is 0 Å². The zero-order valence-corrected chi connectivity index (χ0v) is 15.6. The lowest BCUT2D eigenvalue weighted by Gasteiger charge is -2.24. The van der Waals surface area contributed by atoms with E-state index in [1.807, 2.05) is 12.1 Å².